The molecule has 5 nitrogen and oxygen atoms in total. The number of rotatable bonds is 3. The SMILES string of the molecule is CC(C)(NC(=O)C1CC12CCOC2)C(N)=O. The second-order valence-corrected chi connectivity index (χ2v) is 5.40. The van der Waals surface area contributed by atoms with Crippen molar-refractivity contribution in [2.24, 2.45) is 17.1 Å². The Hall–Kier alpha value is -1.10. The molecule has 1 heterocycles. The van der Waals surface area contributed by atoms with Gasteiger partial charge in [0, 0.05) is 17.9 Å². The minimum absolute atomic E-state index is 0.00590. The number of ether oxygens (including phenoxy) is 1. The molecule has 1 aliphatic carbocycles. The smallest absolute Gasteiger partial charge is 0.242 e. The van der Waals surface area contributed by atoms with Gasteiger partial charge in [-0.05, 0) is 26.7 Å². The lowest BCUT2D eigenvalue weighted by Gasteiger charge is -2.22. The van der Waals surface area contributed by atoms with Crippen molar-refractivity contribution in [3.63, 3.8) is 0 Å². The van der Waals surface area contributed by atoms with E-state index in [-0.39, 0.29) is 17.2 Å². The Morgan fingerprint density at radius 1 is 1.50 bits per heavy atom. The Labute approximate surface area is 94.7 Å². The topological polar surface area (TPSA) is 81.4 Å². The molecule has 2 unspecified atom stereocenters. The standard InChI is InChI=1S/C11H18N2O3/c1-10(2,9(12)15)13-8(14)7-5-11(7)3-4-16-6-11/h7H,3-6H2,1-2H3,(H2,12,15)(H,13,14). The molecule has 0 aromatic rings. The second kappa shape index (κ2) is 3.45. The molecule has 2 amide bonds. The van der Waals surface area contributed by atoms with E-state index in [4.69, 9.17) is 10.5 Å². The van der Waals surface area contributed by atoms with Gasteiger partial charge in [-0.3, -0.25) is 9.59 Å². The zero-order valence-corrected chi connectivity index (χ0v) is 9.71. The summed E-state index contributed by atoms with van der Waals surface area (Å²) in [4.78, 5) is 23.0. The zero-order valence-electron chi connectivity index (χ0n) is 9.71. The molecule has 1 aliphatic heterocycles. The van der Waals surface area contributed by atoms with Crippen molar-refractivity contribution in [3.05, 3.63) is 0 Å². The van der Waals surface area contributed by atoms with E-state index in [0.717, 1.165) is 19.4 Å². The molecule has 2 rings (SSSR count). The minimum Gasteiger partial charge on any atom is -0.381 e. The summed E-state index contributed by atoms with van der Waals surface area (Å²) in [6.45, 7) is 4.64. The van der Waals surface area contributed by atoms with Crippen molar-refractivity contribution in [1.29, 1.82) is 0 Å². The van der Waals surface area contributed by atoms with Crippen LogP contribution in [0.5, 0.6) is 0 Å². The number of amides is 2. The van der Waals surface area contributed by atoms with E-state index >= 15 is 0 Å². The third-order valence-electron chi connectivity index (χ3n) is 3.69. The van der Waals surface area contributed by atoms with Gasteiger partial charge in [-0.1, -0.05) is 0 Å². The number of nitrogens with two attached hydrogens (primary N) is 1. The fraction of sp³-hybridized carbons (Fsp3) is 0.818. The molecule has 0 bridgehead atoms. The van der Waals surface area contributed by atoms with E-state index in [1.165, 1.54) is 0 Å². The van der Waals surface area contributed by atoms with Crippen molar-refractivity contribution in [2.45, 2.75) is 32.2 Å². The first-order valence-electron chi connectivity index (χ1n) is 5.57. The summed E-state index contributed by atoms with van der Waals surface area (Å²) in [6, 6.07) is 0. The van der Waals surface area contributed by atoms with Crippen molar-refractivity contribution in [3.8, 4) is 0 Å². The van der Waals surface area contributed by atoms with Gasteiger partial charge in [-0.2, -0.15) is 0 Å². The van der Waals surface area contributed by atoms with Gasteiger partial charge >= 0.3 is 0 Å². The second-order valence-electron chi connectivity index (χ2n) is 5.40. The van der Waals surface area contributed by atoms with Crippen LogP contribution >= 0.6 is 0 Å². The largest absolute Gasteiger partial charge is 0.381 e. The molecule has 3 N–H and O–H groups in total. The van der Waals surface area contributed by atoms with E-state index in [1.807, 2.05) is 0 Å². The van der Waals surface area contributed by atoms with E-state index < -0.39 is 11.4 Å². The monoisotopic (exact) mass is 226 g/mol. The number of hydrogen-bond donors (Lipinski definition) is 2. The van der Waals surface area contributed by atoms with Gasteiger partial charge in [0.05, 0.1) is 6.61 Å². The Bertz CT molecular complexity index is 332. The van der Waals surface area contributed by atoms with Crippen LogP contribution in [-0.4, -0.2) is 30.6 Å². The maximum absolute atomic E-state index is 11.9. The summed E-state index contributed by atoms with van der Waals surface area (Å²) in [5.74, 6) is -0.596. The van der Waals surface area contributed by atoms with Crippen LogP contribution in [0.15, 0.2) is 0 Å². The first-order valence-corrected chi connectivity index (χ1v) is 5.57. The summed E-state index contributed by atoms with van der Waals surface area (Å²) < 4.78 is 5.31. The Morgan fingerprint density at radius 3 is 2.69 bits per heavy atom. The van der Waals surface area contributed by atoms with Crippen LogP contribution in [0.4, 0.5) is 0 Å². The molecule has 0 radical (unpaired) electrons. The Balaban J connectivity index is 1.93. The highest BCUT2D eigenvalue weighted by Gasteiger charge is 2.60. The maximum Gasteiger partial charge on any atom is 0.242 e. The average Bonchev–Trinajstić information content (AvgIpc) is 2.64. The first-order chi connectivity index (χ1) is 7.37. The van der Waals surface area contributed by atoms with Crippen LogP contribution in [0.1, 0.15) is 26.7 Å². The predicted octanol–water partition coefficient (Wildman–Crippen LogP) is -0.207. The van der Waals surface area contributed by atoms with Crippen molar-refractivity contribution >= 4 is 11.8 Å². The van der Waals surface area contributed by atoms with E-state index in [9.17, 15) is 9.59 Å². The molecule has 1 saturated heterocycles. The van der Waals surface area contributed by atoms with Crippen LogP contribution in [0, 0.1) is 11.3 Å². The van der Waals surface area contributed by atoms with Gasteiger partial charge in [-0.25, -0.2) is 0 Å². The van der Waals surface area contributed by atoms with Gasteiger partial charge in [0.15, 0.2) is 0 Å². The maximum atomic E-state index is 11.9. The molecule has 2 fully saturated rings. The fourth-order valence-electron chi connectivity index (χ4n) is 2.23. The molecule has 5 heteroatoms. The van der Waals surface area contributed by atoms with Gasteiger partial charge in [0.2, 0.25) is 11.8 Å². The predicted molar refractivity (Wildman–Crippen MR) is 57.4 cm³/mol. The van der Waals surface area contributed by atoms with Gasteiger partial charge in [0.25, 0.3) is 0 Å². The molecule has 2 atom stereocenters. The highest BCUT2D eigenvalue weighted by Crippen LogP contribution is 2.57. The molecule has 1 spiro atoms. The first kappa shape index (κ1) is 11.4. The normalized spacial score (nSPS) is 32.8. The third-order valence-corrected chi connectivity index (χ3v) is 3.69. The Kier molecular flexibility index (Phi) is 2.45. The lowest BCUT2D eigenvalue weighted by Crippen LogP contribution is -2.53. The lowest BCUT2D eigenvalue weighted by molar-refractivity contribution is -0.131. The fourth-order valence-corrected chi connectivity index (χ4v) is 2.23. The molecule has 90 valence electrons. The van der Waals surface area contributed by atoms with Crippen LogP contribution in [0.2, 0.25) is 0 Å². The molecule has 1 saturated carbocycles. The number of carbonyl (C=O) groups excluding carboxylic acids is 2. The zero-order chi connectivity index (χ0) is 12.0. The third kappa shape index (κ3) is 1.80. The van der Waals surface area contributed by atoms with Crippen molar-refractivity contribution in [1.82, 2.24) is 5.32 Å². The summed E-state index contributed by atoms with van der Waals surface area (Å²) >= 11 is 0. The van der Waals surface area contributed by atoms with Crippen LogP contribution in [0.25, 0.3) is 0 Å². The number of hydrogen-bond acceptors (Lipinski definition) is 3. The summed E-state index contributed by atoms with van der Waals surface area (Å²) in [5, 5.41) is 2.70. The van der Waals surface area contributed by atoms with E-state index in [2.05, 4.69) is 5.32 Å². The summed E-state index contributed by atoms with van der Waals surface area (Å²) in [5.41, 5.74) is 4.29. The van der Waals surface area contributed by atoms with E-state index in [0.29, 0.717) is 6.61 Å². The van der Waals surface area contributed by atoms with E-state index in [1.54, 1.807) is 13.8 Å². The number of primary amides is 1. The highest BCUT2D eigenvalue weighted by molar-refractivity contribution is 5.91. The molecule has 0 aromatic carbocycles. The van der Waals surface area contributed by atoms with Gasteiger partial charge < -0.3 is 15.8 Å². The lowest BCUT2D eigenvalue weighted by atomic mass is 10.0. The van der Waals surface area contributed by atoms with Gasteiger partial charge in [-0.15, -0.1) is 0 Å². The van der Waals surface area contributed by atoms with Crippen molar-refractivity contribution in [2.75, 3.05) is 13.2 Å². The number of carbonyl (C=O) groups is 2. The minimum atomic E-state index is -0.972. The molecule has 0 aromatic heterocycles. The Morgan fingerprint density at radius 2 is 2.19 bits per heavy atom. The molecular formula is C11H18N2O3. The molecule has 16 heavy (non-hydrogen) atoms. The molecule has 2 aliphatic rings. The van der Waals surface area contributed by atoms with Gasteiger partial charge in [0.1, 0.15) is 5.54 Å². The summed E-state index contributed by atoms with van der Waals surface area (Å²) in [6.07, 6.45) is 1.82. The number of nitrogens with one attached hydrogen (secondary N) is 1. The van der Waals surface area contributed by atoms with Crippen LogP contribution in [-0.2, 0) is 14.3 Å². The van der Waals surface area contributed by atoms with Crippen LogP contribution < -0.4 is 11.1 Å². The van der Waals surface area contributed by atoms with Crippen molar-refractivity contribution < 1.29 is 14.3 Å². The quantitative estimate of drug-likeness (QED) is 0.699. The average molecular weight is 226 g/mol. The molecular weight excluding hydrogens is 208 g/mol. The highest BCUT2D eigenvalue weighted by atomic mass is 16.5. The summed E-state index contributed by atoms with van der Waals surface area (Å²) in [7, 11) is 0. The van der Waals surface area contributed by atoms with Crippen LogP contribution in [0.3, 0.4) is 0 Å².